The lowest BCUT2D eigenvalue weighted by Crippen LogP contribution is -2.42. The van der Waals surface area contributed by atoms with Gasteiger partial charge in [0, 0.05) is 13.0 Å². The monoisotopic (exact) mass is 288 g/mol. The molecule has 21 heavy (non-hydrogen) atoms. The number of imidazole rings is 1. The van der Waals surface area contributed by atoms with Crippen molar-refractivity contribution in [3.05, 3.63) is 30.1 Å². The maximum absolute atomic E-state index is 11.5. The Labute approximate surface area is 125 Å². The molecule has 2 rings (SSSR count). The third-order valence-electron chi connectivity index (χ3n) is 3.68. The molecule has 5 heteroatoms. The maximum atomic E-state index is 11.5. The van der Waals surface area contributed by atoms with E-state index in [1.165, 1.54) is 0 Å². The van der Waals surface area contributed by atoms with Crippen molar-refractivity contribution < 1.29 is 4.79 Å². The molecule has 0 saturated carbocycles. The van der Waals surface area contributed by atoms with Crippen LogP contribution in [0.25, 0.3) is 11.0 Å². The number of primary amides is 1. The summed E-state index contributed by atoms with van der Waals surface area (Å²) in [6.45, 7) is 5.72. The van der Waals surface area contributed by atoms with Crippen LogP contribution in [0.1, 0.15) is 32.5 Å². The summed E-state index contributed by atoms with van der Waals surface area (Å²) in [5, 5.41) is 3.21. The Morgan fingerprint density at radius 1 is 1.38 bits per heavy atom. The van der Waals surface area contributed by atoms with Crippen molar-refractivity contribution in [2.75, 3.05) is 6.54 Å². The fraction of sp³-hybridized carbons (Fsp3) is 0.500. The number of nitrogens with two attached hydrogens (primary N) is 1. The molecule has 1 aromatic carbocycles. The highest BCUT2D eigenvalue weighted by molar-refractivity contribution is 5.80. The van der Waals surface area contributed by atoms with Gasteiger partial charge in [0.2, 0.25) is 5.91 Å². The van der Waals surface area contributed by atoms with Crippen LogP contribution < -0.4 is 11.1 Å². The average Bonchev–Trinajstić information content (AvgIpc) is 2.85. The largest absolute Gasteiger partial charge is 0.368 e. The first-order valence-corrected chi connectivity index (χ1v) is 7.64. The normalized spacial score (nSPS) is 12.7. The predicted molar refractivity (Wildman–Crippen MR) is 85.0 cm³/mol. The number of para-hydroxylation sites is 2. The van der Waals surface area contributed by atoms with Gasteiger partial charge in [0.1, 0.15) is 5.82 Å². The van der Waals surface area contributed by atoms with Crippen molar-refractivity contribution in [3.63, 3.8) is 0 Å². The number of benzene rings is 1. The van der Waals surface area contributed by atoms with Gasteiger partial charge in [-0.2, -0.15) is 0 Å². The van der Waals surface area contributed by atoms with Crippen molar-refractivity contribution in [3.8, 4) is 0 Å². The Morgan fingerprint density at radius 2 is 2.14 bits per heavy atom. The number of fused-ring (bicyclic) bond motifs is 1. The second-order valence-corrected chi connectivity index (χ2v) is 5.22. The Morgan fingerprint density at radius 3 is 2.81 bits per heavy atom. The quantitative estimate of drug-likeness (QED) is 0.778. The fourth-order valence-corrected chi connectivity index (χ4v) is 2.57. The number of carbonyl (C=O) groups is 1. The molecule has 1 atom stereocenters. The summed E-state index contributed by atoms with van der Waals surface area (Å²) in [6, 6.07) is 7.82. The Kier molecular flexibility index (Phi) is 5.33. The molecule has 0 aliphatic carbocycles. The van der Waals surface area contributed by atoms with E-state index in [0.29, 0.717) is 6.42 Å². The number of aryl methyl sites for hydroxylation is 2. The first-order valence-electron chi connectivity index (χ1n) is 7.64. The molecule has 2 aromatic rings. The van der Waals surface area contributed by atoms with E-state index in [0.717, 1.165) is 42.8 Å². The zero-order chi connectivity index (χ0) is 15.2. The van der Waals surface area contributed by atoms with Gasteiger partial charge in [0.25, 0.3) is 0 Å². The van der Waals surface area contributed by atoms with Crippen LogP contribution in [0, 0.1) is 0 Å². The molecule has 5 nitrogen and oxygen atoms in total. The molecule has 1 heterocycles. The Hall–Kier alpha value is -1.88. The zero-order valence-electron chi connectivity index (χ0n) is 12.8. The van der Waals surface area contributed by atoms with Gasteiger partial charge in [0.15, 0.2) is 0 Å². The fourth-order valence-electron chi connectivity index (χ4n) is 2.57. The highest BCUT2D eigenvalue weighted by atomic mass is 16.1. The van der Waals surface area contributed by atoms with E-state index in [4.69, 9.17) is 5.73 Å². The number of aromatic nitrogens is 2. The van der Waals surface area contributed by atoms with Gasteiger partial charge in [-0.1, -0.05) is 26.0 Å². The van der Waals surface area contributed by atoms with Crippen LogP contribution in [0.4, 0.5) is 0 Å². The minimum absolute atomic E-state index is 0.282. The summed E-state index contributed by atoms with van der Waals surface area (Å²) in [4.78, 5) is 16.2. The van der Waals surface area contributed by atoms with Crippen molar-refractivity contribution in [1.29, 1.82) is 0 Å². The van der Waals surface area contributed by atoms with E-state index in [1.807, 2.05) is 18.2 Å². The molecule has 0 bridgehead atoms. The summed E-state index contributed by atoms with van der Waals surface area (Å²) in [5.41, 5.74) is 7.60. The van der Waals surface area contributed by atoms with Crippen LogP contribution >= 0.6 is 0 Å². The molecule has 0 aliphatic rings. The summed E-state index contributed by atoms with van der Waals surface area (Å²) in [6.07, 6.45) is 2.54. The molecule has 1 unspecified atom stereocenters. The van der Waals surface area contributed by atoms with E-state index in [-0.39, 0.29) is 11.9 Å². The van der Waals surface area contributed by atoms with Crippen LogP contribution in [0.5, 0.6) is 0 Å². The SMILES string of the molecule is CCCNC(CCn1c(CC)nc2ccccc21)C(N)=O. The van der Waals surface area contributed by atoms with Crippen LogP contribution in [-0.2, 0) is 17.8 Å². The maximum Gasteiger partial charge on any atom is 0.234 e. The zero-order valence-corrected chi connectivity index (χ0v) is 12.8. The predicted octanol–water partition coefficient (Wildman–Crippen LogP) is 1.84. The lowest BCUT2D eigenvalue weighted by atomic mass is 10.2. The van der Waals surface area contributed by atoms with Crippen LogP contribution in [-0.4, -0.2) is 28.0 Å². The van der Waals surface area contributed by atoms with Crippen molar-refractivity contribution in [2.24, 2.45) is 5.73 Å². The minimum atomic E-state index is -0.286. The highest BCUT2D eigenvalue weighted by Crippen LogP contribution is 2.17. The van der Waals surface area contributed by atoms with Crippen LogP contribution in [0.2, 0.25) is 0 Å². The van der Waals surface area contributed by atoms with Crippen molar-refractivity contribution in [2.45, 2.75) is 45.7 Å². The summed E-state index contributed by atoms with van der Waals surface area (Å²) in [5.74, 6) is 0.765. The molecule has 0 fully saturated rings. The van der Waals surface area contributed by atoms with Gasteiger partial charge in [-0.25, -0.2) is 4.98 Å². The second kappa shape index (κ2) is 7.22. The lowest BCUT2D eigenvalue weighted by molar-refractivity contribution is -0.120. The first-order chi connectivity index (χ1) is 10.2. The summed E-state index contributed by atoms with van der Waals surface area (Å²) < 4.78 is 2.19. The Balaban J connectivity index is 2.16. The van der Waals surface area contributed by atoms with Gasteiger partial charge in [-0.15, -0.1) is 0 Å². The molecular weight excluding hydrogens is 264 g/mol. The third-order valence-corrected chi connectivity index (χ3v) is 3.68. The smallest absolute Gasteiger partial charge is 0.234 e. The molecular formula is C16H24N4O. The Bertz CT molecular complexity index is 605. The second-order valence-electron chi connectivity index (χ2n) is 5.22. The average molecular weight is 288 g/mol. The number of carbonyl (C=O) groups excluding carboxylic acids is 1. The summed E-state index contributed by atoms with van der Waals surface area (Å²) >= 11 is 0. The molecule has 1 amide bonds. The van der Waals surface area contributed by atoms with E-state index in [9.17, 15) is 4.79 Å². The van der Waals surface area contributed by atoms with Crippen molar-refractivity contribution in [1.82, 2.24) is 14.9 Å². The molecule has 0 saturated heterocycles. The lowest BCUT2D eigenvalue weighted by Gasteiger charge is -2.16. The van der Waals surface area contributed by atoms with Crippen LogP contribution in [0.15, 0.2) is 24.3 Å². The van der Waals surface area contributed by atoms with Gasteiger partial charge in [0.05, 0.1) is 17.1 Å². The number of hydrogen-bond acceptors (Lipinski definition) is 3. The molecule has 1 aromatic heterocycles. The van der Waals surface area contributed by atoms with Gasteiger partial charge in [-0.3, -0.25) is 4.79 Å². The molecule has 0 radical (unpaired) electrons. The van der Waals surface area contributed by atoms with E-state index in [1.54, 1.807) is 0 Å². The van der Waals surface area contributed by atoms with E-state index >= 15 is 0 Å². The van der Waals surface area contributed by atoms with Crippen LogP contribution in [0.3, 0.4) is 0 Å². The first kappa shape index (κ1) is 15.5. The molecule has 0 spiro atoms. The topological polar surface area (TPSA) is 72.9 Å². The number of nitrogens with one attached hydrogen (secondary N) is 1. The van der Waals surface area contributed by atoms with Gasteiger partial charge in [-0.05, 0) is 31.5 Å². The van der Waals surface area contributed by atoms with E-state index in [2.05, 4.69) is 34.8 Å². The highest BCUT2D eigenvalue weighted by Gasteiger charge is 2.16. The standard InChI is InChI=1S/C16H24N4O/c1-3-10-18-13(16(17)21)9-11-20-14-8-6-5-7-12(14)19-15(20)4-2/h5-8,13,18H,3-4,9-11H2,1-2H3,(H2,17,21). The number of nitrogens with zero attached hydrogens (tertiary/aromatic N) is 2. The number of hydrogen-bond donors (Lipinski definition) is 2. The summed E-state index contributed by atoms with van der Waals surface area (Å²) in [7, 11) is 0. The minimum Gasteiger partial charge on any atom is -0.368 e. The van der Waals surface area contributed by atoms with Crippen molar-refractivity contribution >= 4 is 16.9 Å². The molecule has 114 valence electrons. The third kappa shape index (κ3) is 3.61. The van der Waals surface area contributed by atoms with Gasteiger partial charge >= 0.3 is 0 Å². The molecule has 0 aliphatic heterocycles. The van der Waals surface area contributed by atoms with E-state index < -0.39 is 0 Å². The van der Waals surface area contributed by atoms with Gasteiger partial charge < -0.3 is 15.6 Å². The number of rotatable bonds is 8. The number of amides is 1. The molecule has 3 N–H and O–H groups in total.